The predicted octanol–water partition coefficient (Wildman–Crippen LogP) is 1.80. The number of carbonyl (C=O) groups is 1. The van der Waals surface area contributed by atoms with Gasteiger partial charge in [0, 0.05) is 31.6 Å². The summed E-state index contributed by atoms with van der Waals surface area (Å²) in [6.07, 6.45) is 2.54. The van der Waals surface area contributed by atoms with Crippen LogP contribution in [-0.2, 0) is 17.9 Å². The van der Waals surface area contributed by atoms with E-state index in [1.165, 1.54) is 6.07 Å². The summed E-state index contributed by atoms with van der Waals surface area (Å²) in [4.78, 5) is 13.3. The molecule has 3 nitrogen and oxygen atoms in total. The minimum Gasteiger partial charge on any atom is -0.338 e. The van der Waals surface area contributed by atoms with Crippen LogP contribution < -0.4 is 5.73 Å². The second kappa shape index (κ2) is 5.27. The van der Waals surface area contributed by atoms with Crippen LogP contribution in [0, 0.1) is 5.82 Å². The number of hydrogen-bond donors (Lipinski definition) is 1. The van der Waals surface area contributed by atoms with E-state index in [4.69, 9.17) is 5.73 Å². The number of amides is 1. The minimum absolute atomic E-state index is 0.124. The van der Waals surface area contributed by atoms with Gasteiger partial charge in [0.15, 0.2) is 0 Å². The van der Waals surface area contributed by atoms with Gasteiger partial charge in [-0.15, -0.1) is 0 Å². The van der Waals surface area contributed by atoms with Gasteiger partial charge >= 0.3 is 0 Å². The zero-order chi connectivity index (χ0) is 12.3. The molecule has 1 saturated heterocycles. The van der Waals surface area contributed by atoms with Gasteiger partial charge in [0.05, 0.1) is 0 Å². The minimum atomic E-state index is -0.272. The molecular formula is C13H17FN2O. The van der Waals surface area contributed by atoms with E-state index in [2.05, 4.69) is 0 Å². The van der Waals surface area contributed by atoms with E-state index in [9.17, 15) is 9.18 Å². The van der Waals surface area contributed by atoms with Crippen molar-refractivity contribution < 1.29 is 9.18 Å². The van der Waals surface area contributed by atoms with E-state index < -0.39 is 0 Å². The number of piperidine rings is 1. The number of rotatable bonds is 3. The second-order valence-corrected chi connectivity index (χ2v) is 4.40. The lowest BCUT2D eigenvalue weighted by Gasteiger charge is -2.26. The van der Waals surface area contributed by atoms with Gasteiger partial charge in [0.1, 0.15) is 5.82 Å². The average Bonchev–Trinajstić information content (AvgIpc) is 2.34. The molecular weight excluding hydrogens is 219 g/mol. The first kappa shape index (κ1) is 12.0. The van der Waals surface area contributed by atoms with Crippen LogP contribution >= 0.6 is 0 Å². The number of halogens is 1. The van der Waals surface area contributed by atoms with Crippen molar-refractivity contribution in [1.29, 1.82) is 0 Å². The van der Waals surface area contributed by atoms with E-state index in [-0.39, 0.29) is 11.7 Å². The van der Waals surface area contributed by atoms with Crippen molar-refractivity contribution in [3.8, 4) is 0 Å². The highest BCUT2D eigenvalue weighted by molar-refractivity contribution is 5.76. The molecule has 0 spiro atoms. The lowest BCUT2D eigenvalue weighted by atomic mass is 10.1. The summed E-state index contributed by atoms with van der Waals surface area (Å²) in [5.74, 6) is -0.148. The van der Waals surface area contributed by atoms with Crippen LogP contribution in [0.1, 0.15) is 30.4 Å². The largest absolute Gasteiger partial charge is 0.338 e. The summed E-state index contributed by atoms with van der Waals surface area (Å²) in [6, 6.07) is 4.98. The molecule has 0 radical (unpaired) electrons. The monoisotopic (exact) mass is 236 g/mol. The summed E-state index contributed by atoms with van der Waals surface area (Å²) < 4.78 is 13.7. The van der Waals surface area contributed by atoms with Gasteiger partial charge in [-0.25, -0.2) is 4.39 Å². The number of hydrogen-bond acceptors (Lipinski definition) is 2. The molecule has 1 heterocycles. The standard InChI is InChI=1S/C13H17FN2O/c14-12-7-10(8-15)4-5-11(12)9-16-6-2-1-3-13(16)17/h4-5,7H,1-3,6,8-9,15H2. The van der Waals surface area contributed by atoms with Crippen LogP contribution in [0.25, 0.3) is 0 Å². The van der Waals surface area contributed by atoms with Crippen molar-refractivity contribution in [2.24, 2.45) is 5.73 Å². The molecule has 1 aliphatic heterocycles. The van der Waals surface area contributed by atoms with Gasteiger partial charge in [-0.05, 0) is 24.5 Å². The summed E-state index contributed by atoms with van der Waals surface area (Å²) in [6.45, 7) is 1.44. The zero-order valence-electron chi connectivity index (χ0n) is 9.79. The smallest absolute Gasteiger partial charge is 0.222 e. The van der Waals surface area contributed by atoms with Crippen molar-refractivity contribution in [1.82, 2.24) is 4.90 Å². The summed E-state index contributed by atoms with van der Waals surface area (Å²) in [7, 11) is 0. The van der Waals surface area contributed by atoms with Crippen LogP contribution in [0.5, 0.6) is 0 Å². The van der Waals surface area contributed by atoms with Crippen LogP contribution in [0.3, 0.4) is 0 Å². The molecule has 1 aliphatic rings. The molecule has 1 aromatic carbocycles. The Balaban J connectivity index is 2.10. The predicted molar refractivity (Wildman–Crippen MR) is 63.6 cm³/mol. The highest BCUT2D eigenvalue weighted by atomic mass is 19.1. The van der Waals surface area contributed by atoms with Gasteiger partial charge in [-0.1, -0.05) is 12.1 Å². The summed E-state index contributed by atoms with van der Waals surface area (Å²) >= 11 is 0. The fourth-order valence-electron chi connectivity index (χ4n) is 2.08. The average molecular weight is 236 g/mol. The first-order valence-electron chi connectivity index (χ1n) is 5.96. The van der Waals surface area contributed by atoms with Gasteiger partial charge in [0.2, 0.25) is 5.91 Å². The maximum Gasteiger partial charge on any atom is 0.222 e. The first-order chi connectivity index (χ1) is 8.20. The molecule has 0 aliphatic carbocycles. The molecule has 0 atom stereocenters. The second-order valence-electron chi connectivity index (χ2n) is 4.40. The van der Waals surface area contributed by atoms with E-state index in [1.54, 1.807) is 11.0 Å². The Morgan fingerprint density at radius 2 is 2.18 bits per heavy atom. The fourth-order valence-corrected chi connectivity index (χ4v) is 2.08. The summed E-state index contributed by atoms with van der Waals surface area (Å²) in [5, 5.41) is 0. The van der Waals surface area contributed by atoms with Crippen LogP contribution in [0.2, 0.25) is 0 Å². The van der Waals surface area contributed by atoms with Crippen molar-refractivity contribution in [2.45, 2.75) is 32.4 Å². The molecule has 1 aromatic rings. The third kappa shape index (κ3) is 2.82. The Morgan fingerprint density at radius 1 is 1.35 bits per heavy atom. The molecule has 92 valence electrons. The molecule has 1 fully saturated rings. The summed E-state index contributed by atoms with van der Waals surface area (Å²) in [5.41, 5.74) is 6.79. The molecule has 0 saturated carbocycles. The first-order valence-corrected chi connectivity index (χ1v) is 5.96. The lowest BCUT2D eigenvalue weighted by Crippen LogP contribution is -2.34. The van der Waals surface area contributed by atoms with Crippen LogP contribution in [0.4, 0.5) is 4.39 Å². The highest BCUT2D eigenvalue weighted by Gasteiger charge is 2.19. The van der Waals surface area contributed by atoms with Gasteiger partial charge in [-0.2, -0.15) is 0 Å². The molecule has 4 heteroatoms. The molecule has 0 bridgehead atoms. The molecule has 2 rings (SSSR count). The number of nitrogens with zero attached hydrogens (tertiary/aromatic N) is 1. The third-order valence-electron chi connectivity index (χ3n) is 3.14. The fraction of sp³-hybridized carbons (Fsp3) is 0.462. The van der Waals surface area contributed by atoms with Crippen molar-refractivity contribution >= 4 is 5.91 Å². The van der Waals surface area contributed by atoms with E-state index in [0.717, 1.165) is 24.9 Å². The van der Waals surface area contributed by atoms with Crippen molar-refractivity contribution in [3.63, 3.8) is 0 Å². The van der Waals surface area contributed by atoms with E-state index >= 15 is 0 Å². The normalized spacial score (nSPS) is 16.4. The van der Waals surface area contributed by atoms with Gasteiger partial charge in [0.25, 0.3) is 0 Å². The highest BCUT2D eigenvalue weighted by Crippen LogP contribution is 2.17. The SMILES string of the molecule is NCc1ccc(CN2CCCCC2=O)c(F)c1. The third-order valence-corrected chi connectivity index (χ3v) is 3.14. The van der Waals surface area contributed by atoms with Crippen LogP contribution in [-0.4, -0.2) is 17.4 Å². The molecule has 0 unspecified atom stereocenters. The molecule has 1 amide bonds. The molecule has 0 aromatic heterocycles. The van der Waals surface area contributed by atoms with E-state index in [0.29, 0.717) is 25.1 Å². The van der Waals surface area contributed by atoms with Crippen LogP contribution in [0.15, 0.2) is 18.2 Å². The molecule has 2 N–H and O–H groups in total. The van der Waals surface area contributed by atoms with Gasteiger partial charge in [-0.3, -0.25) is 4.79 Å². The van der Waals surface area contributed by atoms with Gasteiger partial charge < -0.3 is 10.6 Å². The quantitative estimate of drug-likeness (QED) is 0.869. The lowest BCUT2D eigenvalue weighted by molar-refractivity contribution is -0.133. The Hall–Kier alpha value is -1.42. The maximum atomic E-state index is 13.7. The number of likely N-dealkylation sites (tertiary alicyclic amines) is 1. The van der Waals surface area contributed by atoms with Crippen molar-refractivity contribution in [3.05, 3.63) is 35.1 Å². The van der Waals surface area contributed by atoms with E-state index in [1.807, 2.05) is 6.07 Å². The Bertz CT molecular complexity index is 420. The Kier molecular flexibility index (Phi) is 3.74. The Morgan fingerprint density at radius 3 is 2.82 bits per heavy atom. The Labute approximate surface area is 100 Å². The zero-order valence-corrected chi connectivity index (χ0v) is 9.79. The maximum absolute atomic E-state index is 13.7. The molecule has 17 heavy (non-hydrogen) atoms. The number of benzene rings is 1. The topological polar surface area (TPSA) is 46.3 Å². The number of nitrogens with two attached hydrogens (primary N) is 1. The number of carbonyl (C=O) groups excluding carboxylic acids is 1. The van der Waals surface area contributed by atoms with Crippen molar-refractivity contribution in [2.75, 3.05) is 6.54 Å².